The molecular formula is C25H28N2O5. The number of carbonyl (C=O) groups is 2. The summed E-state index contributed by atoms with van der Waals surface area (Å²) in [5.74, 6) is 1.89. The number of rotatable bonds is 6. The van der Waals surface area contributed by atoms with E-state index in [1.54, 1.807) is 21.1 Å². The van der Waals surface area contributed by atoms with E-state index in [-0.39, 0.29) is 17.9 Å². The van der Waals surface area contributed by atoms with Gasteiger partial charge in [0.15, 0.2) is 0 Å². The van der Waals surface area contributed by atoms with E-state index in [9.17, 15) is 9.59 Å². The molecule has 0 atom stereocenters. The predicted octanol–water partition coefficient (Wildman–Crippen LogP) is 3.72. The van der Waals surface area contributed by atoms with E-state index >= 15 is 0 Å². The summed E-state index contributed by atoms with van der Waals surface area (Å²) in [6.07, 6.45) is 1.73. The summed E-state index contributed by atoms with van der Waals surface area (Å²) in [6, 6.07) is 13.0. The van der Waals surface area contributed by atoms with E-state index in [0.29, 0.717) is 55.0 Å². The highest BCUT2D eigenvalue weighted by atomic mass is 16.5. The van der Waals surface area contributed by atoms with Gasteiger partial charge in [0.25, 0.3) is 5.91 Å². The lowest BCUT2D eigenvalue weighted by molar-refractivity contribution is -0.131. The molecule has 168 valence electrons. The Morgan fingerprint density at radius 3 is 2.56 bits per heavy atom. The van der Waals surface area contributed by atoms with Crippen LogP contribution < -0.4 is 14.8 Å². The molecule has 2 aromatic carbocycles. The molecule has 7 nitrogen and oxygen atoms in total. The molecule has 1 saturated heterocycles. The summed E-state index contributed by atoms with van der Waals surface area (Å²) in [7, 11) is 3.20. The molecule has 4 rings (SSSR count). The van der Waals surface area contributed by atoms with Gasteiger partial charge in [-0.1, -0.05) is 18.2 Å². The largest absolute Gasteiger partial charge is 0.497 e. The standard InChI is InChI=1S/C25H28N2O5/c1-16-24(20-15-19(30-2)8-9-22(20)32-16)25(29)26-18-10-12-27(13-11-18)23(28)14-17-6-4-5-7-21(17)31-3/h4-9,15,18H,10-14H2,1-3H3,(H,26,29). The molecule has 1 aliphatic heterocycles. The Bertz CT molecular complexity index is 1130. The van der Waals surface area contributed by atoms with Crippen LogP contribution in [-0.4, -0.2) is 50.1 Å². The van der Waals surface area contributed by atoms with Crippen LogP contribution in [0.1, 0.15) is 34.5 Å². The smallest absolute Gasteiger partial charge is 0.255 e. The number of aryl methyl sites for hydroxylation is 1. The number of piperidine rings is 1. The SMILES string of the molecule is COc1ccc2oc(C)c(C(=O)NC3CCN(C(=O)Cc4ccccc4OC)CC3)c2c1. The number of hydrogen-bond donors (Lipinski definition) is 1. The first-order valence-corrected chi connectivity index (χ1v) is 10.8. The van der Waals surface area contributed by atoms with E-state index in [2.05, 4.69) is 5.32 Å². The second-order valence-corrected chi connectivity index (χ2v) is 8.01. The Morgan fingerprint density at radius 2 is 1.84 bits per heavy atom. The lowest BCUT2D eigenvalue weighted by Gasteiger charge is -2.32. The molecule has 2 heterocycles. The topological polar surface area (TPSA) is 81.0 Å². The Morgan fingerprint density at radius 1 is 1.09 bits per heavy atom. The Hall–Kier alpha value is -3.48. The van der Waals surface area contributed by atoms with Gasteiger partial charge in [-0.3, -0.25) is 9.59 Å². The number of carbonyl (C=O) groups excluding carboxylic acids is 2. The second kappa shape index (κ2) is 9.34. The van der Waals surface area contributed by atoms with Crippen LogP contribution in [0.2, 0.25) is 0 Å². The normalized spacial score (nSPS) is 14.4. The van der Waals surface area contributed by atoms with Crippen molar-refractivity contribution in [2.24, 2.45) is 0 Å². The van der Waals surface area contributed by atoms with Crippen molar-refractivity contribution in [3.05, 3.63) is 59.4 Å². The van der Waals surface area contributed by atoms with E-state index in [1.165, 1.54) is 0 Å². The fourth-order valence-electron chi connectivity index (χ4n) is 4.26. The van der Waals surface area contributed by atoms with Crippen molar-refractivity contribution in [2.45, 2.75) is 32.2 Å². The summed E-state index contributed by atoms with van der Waals surface area (Å²) < 4.78 is 16.4. The maximum atomic E-state index is 13.0. The zero-order valence-electron chi connectivity index (χ0n) is 18.6. The molecule has 0 saturated carbocycles. The van der Waals surface area contributed by atoms with Crippen molar-refractivity contribution in [1.82, 2.24) is 10.2 Å². The van der Waals surface area contributed by atoms with E-state index < -0.39 is 0 Å². The highest BCUT2D eigenvalue weighted by Crippen LogP contribution is 2.29. The number of furan rings is 1. The van der Waals surface area contributed by atoms with Crippen LogP contribution in [0.3, 0.4) is 0 Å². The highest BCUT2D eigenvalue weighted by molar-refractivity contribution is 6.07. The van der Waals surface area contributed by atoms with Crippen molar-refractivity contribution in [3.63, 3.8) is 0 Å². The minimum atomic E-state index is -0.159. The summed E-state index contributed by atoms with van der Waals surface area (Å²) in [5.41, 5.74) is 2.08. The maximum Gasteiger partial charge on any atom is 0.255 e. The van der Waals surface area contributed by atoms with Crippen LogP contribution in [0.5, 0.6) is 11.5 Å². The Kier molecular flexibility index (Phi) is 6.35. The van der Waals surface area contributed by atoms with Crippen LogP contribution in [0.15, 0.2) is 46.9 Å². The minimum absolute atomic E-state index is 0.00719. The van der Waals surface area contributed by atoms with E-state index in [1.807, 2.05) is 47.4 Å². The fraction of sp³-hybridized carbons (Fsp3) is 0.360. The molecule has 7 heteroatoms. The number of nitrogens with zero attached hydrogens (tertiary/aromatic N) is 1. The highest BCUT2D eigenvalue weighted by Gasteiger charge is 2.26. The van der Waals surface area contributed by atoms with Gasteiger partial charge < -0.3 is 24.1 Å². The summed E-state index contributed by atoms with van der Waals surface area (Å²) in [6.45, 7) is 3.01. The first-order chi connectivity index (χ1) is 15.5. The average molecular weight is 437 g/mol. The molecule has 0 aliphatic carbocycles. The fourth-order valence-corrected chi connectivity index (χ4v) is 4.26. The summed E-state index contributed by atoms with van der Waals surface area (Å²) >= 11 is 0. The number of para-hydroxylation sites is 1. The van der Waals surface area contributed by atoms with Crippen LogP contribution in [0.4, 0.5) is 0 Å². The molecule has 2 amide bonds. The van der Waals surface area contributed by atoms with Gasteiger partial charge in [-0.15, -0.1) is 0 Å². The number of benzene rings is 2. The molecule has 1 fully saturated rings. The van der Waals surface area contributed by atoms with Crippen molar-refractivity contribution in [1.29, 1.82) is 0 Å². The van der Waals surface area contributed by atoms with E-state index in [0.717, 1.165) is 16.7 Å². The number of likely N-dealkylation sites (tertiary alicyclic amines) is 1. The number of fused-ring (bicyclic) bond motifs is 1. The van der Waals surface area contributed by atoms with Crippen molar-refractivity contribution >= 4 is 22.8 Å². The van der Waals surface area contributed by atoms with Gasteiger partial charge >= 0.3 is 0 Å². The molecule has 0 spiro atoms. The molecule has 3 aromatic rings. The summed E-state index contributed by atoms with van der Waals surface area (Å²) in [4.78, 5) is 27.7. The van der Waals surface area contributed by atoms with Gasteiger partial charge in [-0.05, 0) is 44.0 Å². The third-order valence-corrected chi connectivity index (χ3v) is 6.02. The molecule has 1 N–H and O–H groups in total. The minimum Gasteiger partial charge on any atom is -0.497 e. The third-order valence-electron chi connectivity index (χ3n) is 6.02. The zero-order valence-corrected chi connectivity index (χ0v) is 18.6. The molecule has 32 heavy (non-hydrogen) atoms. The zero-order chi connectivity index (χ0) is 22.7. The van der Waals surface area contributed by atoms with Gasteiger partial charge in [0.05, 0.1) is 26.2 Å². The number of amides is 2. The number of nitrogens with one attached hydrogen (secondary N) is 1. The van der Waals surface area contributed by atoms with Crippen molar-refractivity contribution in [2.75, 3.05) is 27.3 Å². The van der Waals surface area contributed by atoms with Gasteiger partial charge in [-0.25, -0.2) is 0 Å². The number of methoxy groups -OCH3 is 2. The first kappa shape index (κ1) is 21.7. The molecule has 0 unspecified atom stereocenters. The summed E-state index contributed by atoms with van der Waals surface area (Å²) in [5, 5.41) is 3.86. The van der Waals surface area contributed by atoms with Crippen LogP contribution in [0, 0.1) is 6.92 Å². The van der Waals surface area contributed by atoms with E-state index in [4.69, 9.17) is 13.9 Å². The molecule has 0 radical (unpaired) electrons. The molecule has 1 aromatic heterocycles. The second-order valence-electron chi connectivity index (χ2n) is 8.01. The lowest BCUT2D eigenvalue weighted by Crippen LogP contribution is -2.47. The Labute approximate surface area is 187 Å². The number of ether oxygens (including phenoxy) is 2. The number of hydrogen-bond acceptors (Lipinski definition) is 5. The molecule has 1 aliphatic rings. The Balaban J connectivity index is 1.37. The van der Waals surface area contributed by atoms with Crippen molar-refractivity contribution in [3.8, 4) is 11.5 Å². The third kappa shape index (κ3) is 4.42. The van der Waals surface area contributed by atoms with Gasteiger partial charge in [0, 0.05) is 30.1 Å². The monoisotopic (exact) mass is 436 g/mol. The van der Waals surface area contributed by atoms with Crippen LogP contribution in [0.25, 0.3) is 11.0 Å². The van der Waals surface area contributed by atoms with Gasteiger partial charge in [0.2, 0.25) is 5.91 Å². The molecule has 0 bridgehead atoms. The van der Waals surface area contributed by atoms with Crippen LogP contribution >= 0.6 is 0 Å². The van der Waals surface area contributed by atoms with Crippen molar-refractivity contribution < 1.29 is 23.5 Å². The molecular weight excluding hydrogens is 408 g/mol. The maximum absolute atomic E-state index is 13.0. The predicted molar refractivity (Wildman–Crippen MR) is 121 cm³/mol. The van der Waals surface area contributed by atoms with Gasteiger partial charge in [-0.2, -0.15) is 0 Å². The quantitative estimate of drug-likeness (QED) is 0.637. The van der Waals surface area contributed by atoms with Crippen LogP contribution in [-0.2, 0) is 11.2 Å². The first-order valence-electron chi connectivity index (χ1n) is 10.8. The lowest BCUT2D eigenvalue weighted by atomic mass is 10.0. The average Bonchev–Trinajstić information content (AvgIpc) is 3.14. The van der Waals surface area contributed by atoms with Gasteiger partial charge in [0.1, 0.15) is 22.8 Å².